The Morgan fingerprint density at radius 3 is 2.21 bits per heavy atom. The van der Waals surface area contributed by atoms with Gasteiger partial charge in [-0.05, 0) is 43.7 Å². The van der Waals surface area contributed by atoms with Crippen LogP contribution in [0.1, 0.15) is 31.9 Å². The molecule has 0 saturated carbocycles. The number of nitrogens with zero attached hydrogens (tertiary/aromatic N) is 1. The summed E-state index contributed by atoms with van der Waals surface area (Å²) in [6, 6.07) is 18.9. The predicted octanol–water partition coefficient (Wildman–Crippen LogP) is 4.79. The van der Waals surface area contributed by atoms with Gasteiger partial charge in [-0.2, -0.15) is 0 Å². The summed E-state index contributed by atoms with van der Waals surface area (Å²) in [5, 5.41) is 0. The largest absolute Gasteiger partial charge is 0.489 e. The van der Waals surface area contributed by atoms with Crippen molar-refractivity contribution in [1.29, 1.82) is 0 Å². The van der Waals surface area contributed by atoms with Gasteiger partial charge < -0.3 is 4.74 Å². The van der Waals surface area contributed by atoms with Gasteiger partial charge in [0.05, 0.1) is 6.54 Å². The lowest BCUT2D eigenvalue weighted by Crippen LogP contribution is -2.31. The van der Waals surface area contributed by atoms with E-state index in [-0.39, 0.29) is 0 Å². The molecule has 2 rings (SSSR count). The minimum absolute atomic E-state index is 0.423. The summed E-state index contributed by atoms with van der Waals surface area (Å²) in [7, 11) is 2.06. The monoisotopic (exact) mass is 323 g/mol. The van der Waals surface area contributed by atoms with Crippen LogP contribution >= 0.6 is 0 Å². The molecular formula is C22H29NO. The van der Waals surface area contributed by atoms with E-state index in [2.05, 4.69) is 49.1 Å². The number of benzene rings is 2. The first-order valence-electron chi connectivity index (χ1n) is 8.58. The molecule has 1 atom stereocenters. The standard InChI is InChI=1S/C20H23NO.C2H6/c1-4-14-21(3)17(2)15-18-10-12-20(13-11-18)22-16-19-8-6-5-7-9-19;1-2/h1,5-13,17H,14-16H2,2-3H3;1-2H3. The number of hydrogen-bond acceptors (Lipinski definition) is 2. The van der Waals surface area contributed by atoms with Crippen molar-refractivity contribution in [3.63, 3.8) is 0 Å². The van der Waals surface area contributed by atoms with Gasteiger partial charge in [0.15, 0.2) is 0 Å². The molecule has 2 aromatic carbocycles. The fourth-order valence-corrected chi connectivity index (χ4v) is 2.26. The van der Waals surface area contributed by atoms with Gasteiger partial charge in [0.2, 0.25) is 0 Å². The molecule has 2 aromatic rings. The summed E-state index contributed by atoms with van der Waals surface area (Å²) >= 11 is 0. The minimum atomic E-state index is 0.423. The highest BCUT2D eigenvalue weighted by atomic mass is 16.5. The first-order valence-corrected chi connectivity index (χ1v) is 8.58. The summed E-state index contributed by atoms with van der Waals surface area (Å²) < 4.78 is 5.80. The van der Waals surface area contributed by atoms with Gasteiger partial charge in [0.25, 0.3) is 0 Å². The van der Waals surface area contributed by atoms with Crippen LogP contribution in [0, 0.1) is 12.3 Å². The Labute approximate surface area is 147 Å². The second-order valence-electron chi connectivity index (χ2n) is 5.59. The van der Waals surface area contributed by atoms with Gasteiger partial charge in [0, 0.05) is 6.04 Å². The van der Waals surface area contributed by atoms with Crippen molar-refractivity contribution in [3.05, 3.63) is 65.7 Å². The fourth-order valence-electron chi connectivity index (χ4n) is 2.26. The zero-order valence-electron chi connectivity index (χ0n) is 15.3. The average molecular weight is 323 g/mol. The van der Waals surface area contributed by atoms with E-state index in [9.17, 15) is 0 Å². The molecule has 0 aliphatic carbocycles. The van der Waals surface area contributed by atoms with Gasteiger partial charge in [0.1, 0.15) is 12.4 Å². The summed E-state index contributed by atoms with van der Waals surface area (Å²) in [5.41, 5.74) is 2.47. The molecule has 0 N–H and O–H groups in total. The summed E-state index contributed by atoms with van der Waals surface area (Å²) in [6.45, 7) is 7.47. The quantitative estimate of drug-likeness (QED) is 0.679. The first kappa shape index (κ1) is 19.8. The van der Waals surface area contributed by atoms with Crippen LogP contribution in [0.2, 0.25) is 0 Å². The molecule has 0 bridgehead atoms. The number of rotatable bonds is 7. The highest BCUT2D eigenvalue weighted by Crippen LogP contribution is 2.16. The summed E-state index contributed by atoms with van der Waals surface area (Å²) in [5.74, 6) is 3.58. The predicted molar refractivity (Wildman–Crippen MR) is 103 cm³/mol. The molecule has 0 amide bonds. The highest BCUT2D eigenvalue weighted by Gasteiger charge is 2.08. The summed E-state index contributed by atoms with van der Waals surface area (Å²) in [6.07, 6.45) is 6.34. The minimum Gasteiger partial charge on any atom is -0.489 e. The lowest BCUT2D eigenvalue weighted by atomic mass is 10.1. The van der Waals surface area contributed by atoms with E-state index in [0.29, 0.717) is 19.2 Å². The Balaban J connectivity index is 0.00000139. The molecule has 1 unspecified atom stereocenters. The molecular weight excluding hydrogens is 294 g/mol. The van der Waals surface area contributed by atoms with Gasteiger partial charge in [-0.1, -0.05) is 62.2 Å². The highest BCUT2D eigenvalue weighted by molar-refractivity contribution is 5.28. The smallest absolute Gasteiger partial charge is 0.119 e. The Morgan fingerprint density at radius 2 is 1.62 bits per heavy atom. The molecule has 2 nitrogen and oxygen atoms in total. The van der Waals surface area contributed by atoms with Crippen molar-refractivity contribution < 1.29 is 4.74 Å². The van der Waals surface area contributed by atoms with Crippen molar-refractivity contribution >= 4 is 0 Å². The van der Waals surface area contributed by atoms with Gasteiger partial charge >= 0.3 is 0 Å². The number of likely N-dealkylation sites (N-methyl/N-ethyl adjacent to an activating group) is 1. The van der Waals surface area contributed by atoms with Crippen molar-refractivity contribution in [2.24, 2.45) is 0 Å². The zero-order chi connectivity index (χ0) is 17.8. The molecule has 0 aromatic heterocycles. The molecule has 24 heavy (non-hydrogen) atoms. The van der Waals surface area contributed by atoms with Crippen LogP contribution in [-0.4, -0.2) is 24.5 Å². The van der Waals surface area contributed by atoms with E-state index in [0.717, 1.165) is 12.2 Å². The van der Waals surface area contributed by atoms with E-state index < -0.39 is 0 Å². The van der Waals surface area contributed by atoms with E-state index in [1.54, 1.807) is 0 Å². The van der Waals surface area contributed by atoms with Crippen LogP contribution in [0.4, 0.5) is 0 Å². The van der Waals surface area contributed by atoms with Crippen LogP contribution in [0.5, 0.6) is 5.75 Å². The van der Waals surface area contributed by atoms with Crippen molar-refractivity contribution in [3.8, 4) is 18.1 Å². The fraction of sp³-hybridized carbons (Fsp3) is 0.364. The molecule has 128 valence electrons. The van der Waals surface area contributed by atoms with Gasteiger partial charge in [-0.25, -0.2) is 0 Å². The number of ether oxygens (including phenoxy) is 1. The van der Waals surface area contributed by atoms with Gasteiger partial charge in [-0.15, -0.1) is 6.42 Å². The third-order valence-electron chi connectivity index (χ3n) is 3.80. The SMILES string of the molecule is C#CCN(C)C(C)Cc1ccc(OCc2ccccc2)cc1.CC. The van der Waals surface area contributed by atoms with E-state index in [4.69, 9.17) is 11.2 Å². The maximum atomic E-state index is 5.80. The van der Waals surface area contributed by atoms with Crippen molar-refractivity contribution in [2.75, 3.05) is 13.6 Å². The zero-order valence-corrected chi connectivity index (χ0v) is 15.3. The van der Waals surface area contributed by atoms with E-state index >= 15 is 0 Å². The first-order chi connectivity index (χ1) is 11.7. The molecule has 0 saturated heterocycles. The molecule has 0 heterocycles. The third kappa shape index (κ3) is 6.89. The molecule has 0 spiro atoms. The lowest BCUT2D eigenvalue weighted by molar-refractivity contribution is 0.286. The Kier molecular flexibility index (Phi) is 9.34. The Bertz CT molecular complexity index is 598. The van der Waals surface area contributed by atoms with Crippen LogP contribution in [-0.2, 0) is 13.0 Å². The second-order valence-corrected chi connectivity index (χ2v) is 5.59. The van der Waals surface area contributed by atoms with Crippen LogP contribution in [0.15, 0.2) is 54.6 Å². The molecule has 0 aliphatic rings. The average Bonchev–Trinajstić information content (AvgIpc) is 2.64. The van der Waals surface area contributed by atoms with Crippen LogP contribution in [0.3, 0.4) is 0 Å². The second kappa shape index (κ2) is 11.3. The van der Waals surface area contributed by atoms with E-state index in [1.807, 2.05) is 44.2 Å². The molecule has 0 aliphatic heterocycles. The number of hydrogen-bond donors (Lipinski definition) is 0. The van der Waals surface area contributed by atoms with E-state index in [1.165, 1.54) is 11.1 Å². The van der Waals surface area contributed by atoms with Crippen LogP contribution < -0.4 is 4.74 Å². The maximum absolute atomic E-state index is 5.80. The molecule has 2 heteroatoms. The third-order valence-corrected chi connectivity index (χ3v) is 3.80. The Hall–Kier alpha value is -2.24. The van der Waals surface area contributed by atoms with Gasteiger partial charge in [-0.3, -0.25) is 4.90 Å². The Morgan fingerprint density at radius 1 is 1.00 bits per heavy atom. The molecule has 0 radical (unpaired) electrons. The topological polar surface area (TPSA) is 12.5 Å². The van der Waals surface area contributed by atoms with Crippen molar-refractivity contribution in [2.45, 2.75) is 39.8 Å². The normalized spacial score (nSPS) is 11.2. The maximum Gasteiger partial charge on any atom is 0.119 e. The van der Waals surface area contributed by atoms with Crippen molar-refractivity contribution in [1.82, 2.24) is 4.90 Å². The lowest BCUT2D eigenvalue weighted by Gasteiger charge is -2.22. The molecule has 0 fully saturated rings. The number of terminal acetylenes is 1. The van der Waals surface area contributed by atoms with Crippen LogP contribution in [0.25, 0.3) is 0 Å². The summed E-state index contributed by atoms with van der Waals surface area (Å²) in [4.78, 5) is 2.18.